The van der Waals surface area contributed by atoms with Gasteiger partial charge in [0.1, 0.15) is 0 Å². The molecule has 0 aliphatic rings. The fraction of sp³-hybridized carbons (Fsp3) is 0.125. The molecule has 0 spiro atoms. The predicted molar refractivity (Wildman–Crippen MR) is 88.6 cm³/mol. The van der Waals surface area contributed by atoms with Gasteiger partial charge in [0.25, 0.3) is 5.91 Å². The third-order valence-electron chi connectivity index (χ3n) is 3.55. The number of ether oxygens (including phenoxy) is 1. The first kappa shape index (κ1) is 15.5. The molecule has 0 saturated heterocycles. The smallest absolute Gasteiger partial charge is 0.258 e. The summed E-state index contributed by atoms with van der Waals surface area (Å²) in [5.74, 6) is -0.591. The van der Waals surface area contributed by atoms with Crippen LogP contribution in [0.4, 0.5) is 10.1 Å². The van der Waals surface area contributed by atoms with Gasteiger partial charge in [0.15, 0.2) is 11.6 Å². The van der Waals surface area contributed by atoms with E-state index in [-0.39, 0.29) is 11.7 Å². The SMILES string of the molecule is COc1cc(N(C)C(=O)c2ccn3ncc(Br)c3c2)ccc1F. The molecule has 0 bridgehead atoms. The molecule has 118 valence electrons. The standard InChI is InChI=1S/C16H13BrFN3O2/c1-20(11-3-4-13(18)15(8-11)23-2)16(22)10-5-6-21-14(7-10)12(17)9-19-21/h3-9H,1-2H3. The highest BCUT2D eigenvalue weighted by Gasteiger charge is 2.16. The van der Waals surface area contributed by atoms with Gasteiger partial charge in [-0.2, -0.15) is 5.10 Å². The second kappa shape index (κ2) is 6.00. The molecule has 2 heterocycles. The maximum atomic E-state index is 13.5. The van der Waals surface area contributed by atoms with Crippen molar-refractivity contribution in [3.05, 3.63) is 58.6 Å². The van der Waals surface area contributed by atoms with Crippen LogP contribution in [0.15, 0.2) is 47.2 Å². The molecule has 7 heteroatoms. The number of amides is 1. The van der Waals surface area contributed by atoms with Crippen molar-refractivity contribution in [2.24, 2.45) is 0 Å². The van der Waals surface area contributed by atoms with Gasteiger partial charge in [-0.15, -0.1) is 0 Å². The molecule has 1 amide bonds. The van der Waals surface area contributed by atoms with Crippen molar-refractivity contribution in [2.75, 3.05) is 19.1 Å². The van der Waals surface area contributed by atoms with Crippen LogP contribution in [0, 0.1) is 5.82 Å². The van der Waals surface area contributed by atoms with Gasteiger partial charge in [-0.05, 0) is 40.2 Å². The number of halogens is 2. The molecule has 0 saturated carbocycles. The number of benzene rings is 1. The molecule has 0 unspecified atom stereocenters. The number of nitrogens with zero attached hydrogens (tertiary/aromatic N) is 3. The third kappa shape index (κ3) is 2.79. The Hall–Kier alpha value is -2.41. The quantitative estimate of drug-likeness (QED) is 0.701. The number of carbonyl (C=O) groups excluding carboxylic acids is 1. The lowest BCUT2D eigenvalue weighted by molar-refractivity contribution is 0.0993. The number of fused-ring (bicyclic) bond motifs is 1. The lowest BCUT2D eigenvalue weighted by Crippen LogP contribution is -2.26. The summed E-state index contributed by atoms with van der Waals surface area (Å²) in [4.78, 5) is 14.1. The summed E-state index contributed by atoms with van der Waals surface area (Å²) in [5.41, 5.74) is 1.84. The number of hydrogen-bond acceptors (Lipinski definition) is 3. The number of methoxy groups -OCH3 is 1. The molecule has 0 fully saturated rings. The summed E-state index contributed by atoms with van der Waals surface area (Å²) in [6.45, 7) is 0. The normalized spacial score (nSPS) is 10.8. The Labute approximate surface area is 140 Å². The van der Waals surface area contributed by atoms with Crippen molar-refractivity contribution >= 4 is 33.0 Å². The predicted octanol–water partition coefficient (Wildman–Crippen LogP) is 3.52. The highest BCUT2D eigenvalue weighted by molar-refractivity contribution is 9.10. The van der Waals surface area contributed by atoms with E-state index in [1.54, 1.807) is 36.1 Å². The zero-order valence-electron chi connectivity index (χ0n) is 12.5. The summed E-state index contributed by atoms with van der Waals surface area (Å²) >= 11 is 3.39. The molecule has 3 rings (SSSR count). The number of hydrogen-bond donors (Lipinski definition) is 0. The van der Waals surface area contributed by atoms with Crippen molar-refractivity contribution in [3.63, 3.8) is 0 Å². The Kier molecular flexibility index (Phi) is 4.04. The minimum Gasteiger partial charge on any atom is -0.494 e. The number of rotatable bonds is 3. The monoisotopic (exact) mass is 377 g/mol. The van der Waals surface area contributed by atoms with Gasteiger partial charge in [-0.25, -0.2) is 8.91 Å². The van der Waals surface area contributed by atoms with Crippen LogP contribution in [0.1, 0.15) is 10.4 Å². The molecular formula is C16H13BrFN3O2. The fourth-order valence-corrected chi connectivity index (χ4v) is 2.64. The molecule has 0 atom stereocenters. The highest BCUT2D eigenvalue weighted by Crippen LogP contribution is 2.25. The van der Waals surface area contributed by atoms with E-state index in [0.29, 0.717) is 11.3 Å². The van der Waals surface area contributed by atoms with Crippen LogP contribution >= 0.6 is 15.9 Å². The van der Waals surface area contributed by atoms with E-state index >= 15 is 0 Å². The minimum atomic E-state index is -0.471. The van der Waals surface area contributed by atoms with Gasteiger partial charge in [-0.3, -0.25) is 4.79 Å². The van der Waals surface area contributed by atoms with E-state index in [9.17, 15) is 9.18 Å². The number of anilines is 1. The molecule has 0 radical (unpaired) electrons. The first-order valence-electron chi connectivity index (χ1n) is 6.75. The fourth-order valence-electron chi connectivity index (χ4n) is 2.25. The van der Waals surface area contributed by atoms with Gasteiger partial charge in [0.05, 0.1) is 23.3 Å². The second-order valence-electron chi connectivity index (χ2n) is 4.92. The Balaban J connectivity index is 1.95. The maximum Gasteiger partial charge on any atom is 0.258 e. The molecular weight excluding hydrogens is 365 g/mol. The Morgan fingerprint density at radius 2 is 2.13 bits per heavy atom. The van der Waals surface area contributed by atoms with Crippen LogP contribution in [0.3, 0.4) is 0 Å². The van der Waals surface area contributed by atoms with Crippen molar-refractivity contribution < 1.29 is 13.9 Å². The third-order valence-corrected chi connectivity index (χ3v) is 4.16. The average molecular weight is 378 g/mol. The summed E-state index contributed by atoms with van der Waals surface area (Å²) in [7, 11) is 3.01. The van der Waals surface area contributed by atoms with E-state index < -0.39 is 5.82 Å². The summed E-state index contributed by atoms with van der Waals surface area (Å²) in [6, 6.07) is 7.72. The minimum absolute atomic E-state index is 0.0936. The average Bonchev–Trinajstić information content (AvgIpc) is 2.94. The zero-order valence-corrected chi connectivity index (χ0v) is 14.0. The van der Waals surface area contributed by atoms with Crippen molar-refractivity contribution in [1.29, 1.82) is 0 Å². The van der Waals surface area contributed by atoms with E-state index in [2.05, 4.69) is 21.0 Å². The largest absolute Gasteiger partial charge is 0.494 e. The van der Waals surface area contributed by atoms with Crippen LogP contribution in [0.2, 0.25) is 0 Å². The van der Waals surface area contributed by atoms with Gasteiger partial charge >= 0.3 is 0 Å². The molecule has 0 aliphatic carbocycles. The van der Waals surface area contributed by atoms with E-state index in [4.69, 9.17) is 4.74 Å². The van der Waals surface area contributed by atoms with Gasteiger partial charge in [0.2, 0.25) is 0 Å². The number of carbonyl (C=O) groups is 1. The topological polar surface area (TPSA) is 46.8 Å². The zero-order chi connectivity index (χ0) is 16.6. The Morgan fingerprint density at radius 3 is 2.87 bits per heavy atom. The van der Waals surface area contributed by atoms with E-state index in [0.717, 1.165) is 9.99 Å². The van der Waals surface area contributed by atoms with Gasteiger partial charge in [0, 0.05) is 30.6 Å². The van der Waals surface area contributed by atoms with Crippen LogP contribution in [-0.2, 0) is 0 Å². The van der Waals surface area contributed by atoms with Crippen LogP contribution < -0.4 is 9.64 Å². The Morgan fingerprint density at radius 1 is 1.35 bits per heavy atom. The molecule has 5 nitrogen and oxygen atoms in total. The molecule has 1 aromatic carbocycles. The molecule has 2 aromatic heterocycles. The lowest BCUT2D eigenvalue weighted by Gasteiger charge is -2.18. The second-order valence-corrected chi connectivity index (χ2v) is 5.78. The lowest BCUT2D eigenvalue weighted by atomic mass is 10.2. The summed E-state index contributed by atoms with van der Waals surface area (Å²) in [6.07, 6.45) is 3.38. The van der Waals surface area contributed by atoms with Crippen LogP contribution in [0.25, 0.3) is 5.52 Å². The van der Waals surface area contributed by atoms with Crippen molar-refractivity contribution in [2.45, 2.75) is 0 Å². The number of aromatic nitrogens is 2. The van der Waals surface area contributed by atoms with E-state index in [1.165, 1.54) is 30.2 Å². The highest BCUT2D eigenvalue weighted by atomic mass is 79.9. The summed E-state index contributed by atoms with van der Waals surface area (Å²) < 4.78 is 20.9. The molecule has 0 aliphatic heterocycles. The molecule has 3 aromatic rings. The van der Waals surface area contributed by atoms with Crippen LogP contribution in [0.5, 0.6) is 5.75 Å². The van der Waals surface area contributed by atoms with E-state index in [1.807, 2.05) is 0 Å². The number of pyridine rings is 1. The first-order valence-corrected chi connectivity index (χ1v) is 7.55. The molecule has 23 heavy (non-hydrogen) atoms. The Bertz CT molecular complexity index is 894. The van der Waals surface area contributed by atoms with Crippen molar-refractivity contribution in [1.82, 2.24) is 9.61 Å². The van der Waals surface area contributed by atoms with Crippen LogP contribution in [-0.4, -0.2) is 29.7 Å². The summed E-state index contributed by atoms with van der Waals surface area (Å²) in [5, 5.41) is 4.14. The molecule has 0 N–H and O–H groups in total. The van der Waals surface area contributed by atoms with Gasteiger partial charge < -0.3 is 9.64 Å². The van der Waals surface area contributed by atoms with Crippen molar-refractivity contribution in [3.8, 4) is 5.75 Å². The first-order chi connectivity index (χ1) is 11.0. The maximum absolute atomic E-state index is 13.5. The van der Waals surface area contributed by atoms with Gasteiger partial charge in [-0.1, -0.05) is 0 Å².